The van der Waals surface area contributed by atoms with Gasteiger partial charge >= 0.3 is 5.97 Å². The number of hydrogen-bond donors (Lipinski definition) is 2. The zero-order chi connectivity index (χ0) is 12.6. The minimum atomic E-state index is -1.15. The highest BCUT2D eigenvalue weighted by atomic mass is 16.4. The normalized spacial score (nSPS) is 20.1. The largest absolute Gasteiger partial charge is 0.478 e. The minimum Gasteiger partial charge on any atom is -0.478 e. The van der Waals surface area contributed by atoms with Gasteiger partial charge in [0.1, 0.15) is 5.57 Å². The molecule has 1 heterocycles. The van der Waals surface area contributed by atoms with Gasteiger partial charge in [-0.1, -0.05) is 18.2 Å². The minimum absolute atomic E-state index is 0.0105. The number of aliphatic hydroxyl groups is 1. The summed E-state index contributed by atoms with van der Waals surface area (Å²) < 4.78 is 0. The van der Waals surface area contributed by atoms with Crippen LogP contribution in [-0.4, -0.2) is 34.5 Å². The van der Waals surface area contributed by atoms with Gasteiger partial charge in [0.15, 0.2) is 6.23 Å². The van der Waals surface area contributed by atoms with Crippen molar-refractivity contribution in [2.75, 3.05) is 12.1 Å². The molecular weight excluding hydrogens is 220 g/mol. The van der Waals surface area contributed by atoms with E-state index in [2.05, 4.69) is 0 Å². The van der Waals surface area contributed by atoms with Crippen molar-refractivity contribution in [1.82, 2.24) is 5.01 Å². The first-order valence-electron chi connectivity index (χ1n) is 5.24. The van der Waals surface area contributed by atoms with Gasteiger partial charge in [-0.3, -0.25) is 10.0 Å². The number of allylic oxidation sites excluding steroid dienone is 1. The Morgan fingerprint density at radius 2 is 1.88 bits per heavy atom. The second-order valence-electron chi connectivity index (χ2n) is 3.88. The van der Waals surface area contributed by atoms with E-state index in [-0.39, 0.29) is 5.57 Å². The molecular formula is C12H14N2O3. The van der Waals surface area contributed by atoms with E-state index in [9.17, 15) is 9.90 Å². The summed E-state index contributed by atoms with van der Waals surface area (Å²) in [4.78, 5) is 11.1. The topological polar surface area (TPSA) is 64.0 Å². The van der Waals surface area contributed by atoms with E-state index in [1.807, 2.05) is 30.3 Å². The summed E-state index contributed by atoms with van der Waals surface area (Å²) >= 11 is 0. The summed E-state index contributed by atoms with van der Waals surface area (Å²) in [6.07, 6.45) is -1.15. The lowest BCUT2D eigenvalue weighted by atomic mass is 10.2. The molecule has 0 aromatic heterocycles. The van der Waals surface area contributed by atoms with Gasteiger partial charge in [-0.2, -0.15) is 0 Å². The number of rotatable bonds is 2. The Bertz CT molecular complexity index is 470. The monoisotopic (exact) mass is 234 g/mol. The van der Waals surface area contributed by atoms with E-state index in [1.165, 1.54) is 0 Å². The number of para-hydroxylation sites is 1. The zero-order valence-electron chi connectivity index (χ0n) is 9.66. The highest BCUT2D eigenvalue weighted by Crippen LogP contribution is 2.31. The van der Waals surface area contributed by atoms with Crippen molar-refractivity contribution in [2.45, 2.75) is 13.2 Å². The van der Waals surface area contributed by atoms with Crippen LogP contribution in [0.1, 0.15) is 6.92 Å². The second-order valence-corrected chi connectivity index (χ2v) is 3.88. The number of aliphatic carboxylic acids is 1. The lowest BCUT2D eigenvalue weighted by Gasteiger charge is -2.31. The molecule has 5 nitrogen and oxygen atoms in total. The van der Waals surface area contributed by atoms with Crippen molar-refractivity contribution in [2.24, 2.45) is 0 Å². The Labute approximate surface area is 99.2 Å². The van der Waals surface area contributed by atoms with Crippen LogP contribution in [0.2, 0.25) is 0 Å². The number of benzene rings is 1. The van der Waals surface area contributed by atoms with Crippen molar-refractivity contribution < 1.29 is 15.0 Å². The molecule has 0 spiro atoms. The summed E-state index contributed by atoms with van der Waals surface area (Å²) in [5.74, 6) is -1.10. The SMILES string of the molecule is CC1=C(C(=O)O)C(O)N(c2ccccc2)N1C. The van der Waals surface area contributed by atoms with Gasteiger partial charge in [0.2, 0.25) is 0 Å². The van der Waals surface area contributed by atoms with Crippen LogP contribution in [0.5, 0.6) is 0 Å². The van der Waals surface area contributed by atoms with Gasteiger partial charge in [-0.05, 0) is 19.1 Å². The third-order valence-corrected chi connectivity index (χ3v) is 2.94. The van der Waals surface area contributed by atoms with Crippen LogP contribution in [0, 0.1) is 0 Å². The lowest BCUT2D eigenvalue weighted by Crippen LogP contribution is -2.41. The van der Waals surface area contributed by atoms with E-state index >= 15 is 0 Å². The van der Waals surface area contributed by atoms with Gasteiger partial charge in [0.05, 0.1) is 5.69 Å². The highest BCUT2D eigenvalue weighted by Gasteiger charge is 2.37. The highest BCUT2D eigenvalue weighted by molar-refractivity contribution is 5.90. The van der Waals surface area contributed by atoms with Crippen LogP contribution in [0.4, 0.5) is 5.69 Å². The molecule has 0 bridgehead atoms. The first-order valence-corrected chi connectivity index (χ1v) is 5.24. The Balaban J connectivity index is 2.40. The number of aliphatic hydroxyl groups excluding tert-OH is 1. The van der Waals surface area contributed by atoms with E-state index < -0.39 is 12.2 Å². The van der Waals surface area contributed by atoms with Crippen LogP contribution in [0.15, 0.2) is 41.6 Å². The number of nitrogens with zero attached hydrogens (tertiary/aromatic N) is 2. The molecule has 17 heavy (non-hydrogen) atoms. The Morgan fingerprint density at radius 1 is 1.29 bits per heavy atom. The average Bonchev–Trinajstić information content (AvgIpc) is 2.51. The van der Waals surface area contributed by atoms with Crippen molar-refractivity contribution in [3.63, 3.8) is 0 Å². The van der Waals surface area contributed by atoms with Crippen LogP contribution in [-0.2, 0) is 4.79 Å². The molecule has 2 N–H and O–H groups in total. The maximum atomic E-state index is 11.1. The standard InChI is InChI=1S/C12H14N2O3/c1-8-10(12(16)17)11(15)14(13(8)2)9-6-4-3-5-7-9/h3-7,11,15H,1-2H3,(H,16,17). The molecule has 1 aliphatic heterocycles. The smallest absolute Gasteiger partial charge is 0.338 e. The summed E-state index contributed by atoms with van der Waals surface area (Å²) in [6.45, 7) is 1.68. The van der Waals surface area contributed by atoms with E-state index in [0.29, 0.717) is 5.70 Å². The number of carboxylic acid groups (broad SMARTS) is 1. The quantitative estimate of drug-likeness (QED) is 0.800. The fourth-order valence-electron chi connectivity index (χ4n) is 1.97. The van der Waals surface area contributed by atoms with E-state index in [0.717, 1.165) is 5.69 Å². The summed E-state index contributed by atoms with van der Waals surface area (Å²) in [6, 6.07) is 9.17. The molecule has 0 saturated heterocycles. The van der Waals surface area contributed by atoms with Gasteiger partial charge in [-0.15, -0.1) is 0 Å². The molecule has 2 rings (SSSR count). The van der Waals surface area contributed by atoms with Crippen molar-refractivity contribution in [3.05, 3.63) is 41.6 Å². The number of carboxylic acids is 1. The van der Waals surface area contributed by atoms with Crippen molar-refractivity contribution in [3.8, 4) is 0 Å². The van der Waals surface area contributed by atoms with Gasteiger partial charge in [0.25, 0.3) is 0 Å². The van der Waals surface area contributed by atoms with Crippen LogP contribution in [0.3, 0.4) is 0 Å². The Morgan fingerprint density at radius 3 is 2.35 bits per heavy atom. The van der Waals surface area contributed by atoms with E-state index in [4.69, 9.17) is 5.11 Å². The Kier molecular flexibility index (Phi) is 2.77. The first kappa shape index (κ1) is 11.5. The predicted molar refractivity (Wildman–Crippen MR) is 63.0 cm³/mol. The molecule has 0 amide bonds. The molecule has 1 atom stereocenters. The molecule has 0 saturated carbocycles. The van der Waals surface area contributed by atoms with Crippen LogP contribution in [0.25, 0.3) is 0 Å². The molecule has 1 aromatic carbocycles. The zero-order valence-corrected chi connectivity index (χ0v) is 9.66. The maximum Gasteiger partial charge on any atom is 0.338 e. The molecule has 90 valence electrons. The van der Waals surface area contributed by atoms with Crippen molar-refractivity contribution >= 4 is 11.7 Å². The Hall–Kier alpha value is -2.01. The van der Waals surface area contributed by atoms with Crippen molar-refractivity contribution in [1.29, 1.82) is 0 Å². The van der Waals surface area contributed by atoms with Crippen LogP contribution < -0.4 is 5.01 Å². The number of hydrogen-bond acceptors (Lipinski definition) is 4. The number of hydrazine groups is 1. The molecule has 0 aliphatic carbocycles. The number of carbonyl (C=O) groups is 1. The van der Waals surface area contributed by atoms with Crippen LogP contribution >= 0.6 is 0 Å². The second kappa shape index (κ2) is 4.10. The predicted octanol–water partition coefficient (Wildman–Crippen LogP) is 1.03. The summed E-state index contributed by atoms with van der Waals surface area (Å²) in [7, 11) is 1.72. The fourth-order valence-corrected chi connectivity index (χ4v) is 1.97. The average molecular weight is 234 g/mol. The molecule has 0 fully saturated rings. The third kappa shape index (κ3) is 1.74. The van der Waals surface area contributed by atoms with Gasteiger partial charge < -0.3 is 10.2 Å². The number of anilines is 1. The van der Waals surface area contributed by atoms with Gasteiger partial charge in [-0.25, -0.2) is 4.79 Å². The molecule has 5 heteroatoms. The first-order chi connectivity index (χ1) is 8.04. The molecule has 0 radical (unpaired) electrons. The van der Waals surface area contributed by atoms with Gasteiger partial charge in [0, 0.05) is 12.7 Å². The lowest BCUT2D eigenvalue weighted by molar-refractivity contribution is -0.133. The summed E-state index contributed by atoms with van der Waals surface area (Å²) in [5.41, 5.74) is 1.29. The third-order valence-electron chi connectivity index (χ3n) is 2.94. The fraction of sp³-hybridized carbons (Fsp3) is 0.250. The summed E-state index contributed by atoms with van der Waals surface area (Å²) in [5, 5.41) is 22.3. The molecule has 1 aliphatic rings. The molecule has 1 aromatic rings. The van der Waals surface area contributed by atoms with E-state index in [1.54, 1.807) is 24.0 Å². The maximum absolute atomic E-state index is 11.1. The molecule has 1 unspecified atom stereocenters.